The van der Waals surface area contributed by atoms with Crippen LogP contribution in [0.2, 0.25) is 0 Å². The minimum absolute atomic E-state index is 0.0646. The highest BCUT2D eigenvalue weighted by atomic mass is 32.2. The molecule has 0 aliphatic carbocycles. The summed E-state index contributed by atoms with van der Waals surface area (Å²) in [5.74, 6) is 0.901. The lowest BCUT2D eigenvalue weighted by molar-refractivity contribution is 0.0956. The first kappa shape index (κ1) is 23.8. The standard InChI is InChI=1S/C23H31N3O3S2/c1-3-31(28,29)26-14-12-25(13-15-26)18-20-5-4-6-21(17-20)23(27)24-11-16-30-22-9-7-19(2)8-10-22/h4-10,17H,3,11-16,18H2,1-2H3,(H,24,27). The molecule has 1 amide bonds. The average Bonchev–Trinajstić information content (AvgIpc) is 2.78. The number of carbonyl (C=O) groups is 1. The fourth-order valence-corrected chi connectivity index (χ4v) is 5.34. The Bertz CT molecular complexity index is 970. The molecule has 2 aromatic carbocycles. The van der Waals surface area contributed by atoms with Crippen molar-refractivity contribution in [1.29, 1.82) is 0 Å². The van der Waals surface area contributed by atoms with Crippen LogP contribution < -0.4 is 5.32 Å². The van der Waals surface area contributed by atoms with E-state index in [0.29, 0.717) is 44.8 Å². The maximum Gasteiger partial charge on any atom is 0.251 e. The van der Waals surface area contributed by atoms with Crippen LogP contribution in [0.15, 0.2) is 53.4 Å². The lowest BCUT2D eigenvalue weighted by atomic mass is 10.1. The van der Waals surface area contributed by atoms with Crippen molar-refractivity contribution in [1.82, 2.24) is 14.5 Å². The molecule has 1 heterocycles. The van der Waals surface area contributed by atoms with E-state index < -0.39 is 10.0 Å². The molecule has 2 aromatic rings. The molecule has 0 unspecified atom stereocenters. The van der Waals surface area contributed by atoms with Crippen molar-refractivity contribution in [3.63, 3.8) is 0 Å². The lowest BCUT2D eigenvalue weighted by Gasteiger charge is -2.33. The molecule has 31 heavy (non-hydrogen) atoms. The second-order valence-corrected chi connectivity index (χ2v) is 11.1. The number of aryl methyl sites for hydroxylation is 1. The number of hydrogen-bond donors (Lipinski definition) is 1. The van der Waals surface area contributed by atoms with Gasteiger partial charge >= 0.3 is 0 Å². The summed E-state index contributed by atoms with van der Waals surface area (Å²) in [7, 11) is -3.11. The molecule has 0 saturated carbocycles. The van der Waals surface area contributed by atoms with Crippen LogP contribution in [0.5, 0.6) is 0 Å². The third kappa shape index (κ3) is 7.07. The van der Waals surface area contributed by atoms with E-state index >= 15 is 0 Å². The normalized spacial score (nSPS) is 15.7. The molecule has 0 atom stereocenters. The first-order chi connectivity index (χ1) is 14.9. The second-order valence-electron chi connectivity index (χ2n) is 7.69. The molecule has 1 saturated heterocycles. The zero-order chi connectivity index (χ0) is 22.3. The van der Waals surface area contributed by atoms with Gasteiger partial charge in [-0.15, -0.1) is 11.8 Å². The van der Waals surface area contributed by atoms with Gasteiger partial charge in [0.1, 0.15) is 0 Å². The number of sulfonamides is 1. The molecule has 0 spiro atoms. The van der Waals surface area contributed by atoms with Crippen molar-refractivity contribution >= 4 is 27.7 Å². The monoisotopic (exact) mass is 461 g/mol. The summed E-state index contributed by atoms with van der Waals surface area (Å²) in [4.78, 5) is 16.0. The maximum absolute atomic E-state index is 12.5. The van der Waals surface area contributed by atoms with Gasteiger partial charge in [0.25, 0.3) is 5.91 Å². The first-order valence-corrected chi connectivity index (χ1v) is 13.2. The number of thioether (sulfide) groups is 1. The third-order valence-corrected chi connectivity index (χ3v) is 8.26. The van der Waals surface area contributed by atoms with Crippen molar-refractivity contribution in [3.8, 4) is 0 Å². The topological polar surface area (TPSA) is 69.7 Å². The van der Waals surface area contributed by atoms with Crippen LogP contribution in [-0.4, -0.2) is 67.8 Å². The summed E-state index contributed by atoms with van der Waals surface area (Å²) in [6, 6.07) is 16.1. The Morgan fingerprint density at radius 3 is 2.45 bits per heavy atom. The van der Waals surface area contributed by atoms with Gasteiger partial charge in [0, 0.05) is 55.5 Å². The Morgan fingerprint density at radius 1 is 1.06 bits per heavy atom. The summed E-state index contributed by atoms with van der Waals surface area (Å²) < 4.78 is 25.6. The summed E-state index contributed by atoms with van der Waals surface area (Å²) in [6.07, 6.45) is 0. The van der Waals surface area contributed by atoms with Crippen LogP contribution >= 0.6 is 11.8 Å². The van der Waals surface area contributed by atoms with E-state index in [0.717, 1.165) is 11.3 Å². The van der Waals surface area contributed by atoms with Crippen LogP contribution in [0.25, 0.3) is 0 Å². The van der Waals surface area contributed by atoms with Crippen molar-refractivity contribution < 1.29 is 13.2 Å². The van der Waals surface area contributed by atoms with Gasteiger partial charge in [-0.2, -0.15) is 4.31 Å². The smallest absolute Gasteiger partial charge is 0.251 e. The van der Waals surface area contributed by atoms with E-state index in [1.165, 1.54) is 10.5 Å². The van der Waals surface area contributed by atoms with Crippen LogP contribution in [0.1, 0.15) is 28.4 Å². The van der Waals surface area contributed by atoms with E-state index in [1.807, 2.05) is 24.3 Å². The summed E-state index contributed by atoms with van der Waals surface area (Å²) in [6.45, 7) is 7.51. The fourth-order valence-electron chi connectivity index (χ4n) is 3.49. The maximum atomic E-state index is 12.5. The quantitative estimate of drug-likeness (QED) is 0.459. The van der Waals surface area contributed by atoms with Crippen LogP contribution in [0.4, 0.5) is 0 Å². The second kappa shape index (κ2) is 11.1. The predicted molar refractivity (Wildman–Crippen MR) is 127 cm³/mol. The first-order valence-electron chi connectivity index (χ1n) is 10.6. The van der Waals surface area contributed by atoms with E-state index in [2.05, 4.69) is 41.4 Å². The highest BCUT2D eigenvalue weighted by Gasteiger charge is 2.25. The zero-order valence-electron chi connectivity index (χ0n) is 18.2. The van der Waals surface area contributed by atoms with Gasteiger partial charge in [-0.25, -0.2) is 8.42 Å². The Hall–Kier alpha value is -1.87. The average molecular weight is 462 g/mol. The van der Waals surface area contributed by atoms with Gasteiger partial charge in [-0.3, -0.25) is 9.69 Å². The molecule has 0 radical (unpaired) electrons. The van der Waals surface area contributed by atoms with E-state index in [1.54, 1.807) is 23.0 Å². The minimum Gasteiger partial charge on any atom is -0.351 e. The molecule has 0 aromatic heterocycles. The Kier molecular flexibility index (Phi) is 8.54. The number of hydrogen-bond acceptors (Lipinski definition) is 5. The molecule has 0 bridgehead atoms. The molecule has 1 aliphatic heterocycles. The lowest BCUT2D eigenvalue weighted by Crippen LogP contribution is -2.48. The van der Waals surface area contributed by atoms with Gasteiger partial charge < -0.3 is 5.32 Å². The zero-order valence-corrected chi connectivity index (χ0v) is 19.8. The Morgan fingerprint density at radius 2 is 1.77 bits per heavy atom. The summed E-state index contributed by atoms with van der Waals surface area (Å²) in [5.41, 5.74) is 2.96. The predicted octanol–water partition coefficient (Wildman–Crippen LogP) is 2.98. The number of carbonyl (C=O) groups excluding carboxylic acids is 1. The summed E-state index contributed by atoms with van der Waals surface area (Å²) >= 11 is 1.73. The fraction of sp³-hybridized carbons (Fsp3) is 0.435. The van der Waals surface area contributed by atoms with Crippen molar-refractivity contribution in [2.24, 2.45) is 0 Å². The number of rotatable bonds is 9. The van der Waals surface area contributed by atoms with Crippen LogP contribution in [-0.2, 0) is 16.6 Å². The van der Waals surface area contributed by atoms with Crippen LogP contribution in [0, 0.1) is 6.92 Å². The number of benzene rings is 2. The molecule has 1 N–H and O–H groups in total. The molecule has 168 valence electrons. The Labute approximate surface area is 190 Å². The van der Waals surface area contributed by atoms with Crippen molar-refractivity contribution in [2.45, 2.75) is 25.3 Å². The van der Waals surface area contributed by atoms with Gasteiger partial charge in [0.2, 0.25) is 10.0 Å². The number of nitrogens with zero attached hydrogens (tertiary/aromatic N) is 2. The number of piperazine rings is 1. The van der Waals surface area contributed by atoms with E-state index in [-0.39, 0.29) is 11.7 Å². The van der Waals surface area contributed by atoms with Gasteiger partial charge in [0.15, 0.2) is 0 Å². The van der Waals surface area contributed by atoms with E-state index in [4.69, 9.17) is 0 Å². The minimum atomic E-state index is -3.11. The van der Waals surface area contributed by atoms with Crippen molar-refractivity contribution in [2.75, 3.05) is 44.2 Å². The molecular weight excluding hydrogens is 430 g/mol. The summed E-state index contributed by atoms with van der Waals surface area (Å²) in [5, 5.41) is 2.99. The van der Waals surface area contributed by atoms with Gasteiger partial charge in [-0.05, 0) is 43.7 Å². The SMILES string of the molecule is CCS(=O)(=O)N1CCN(Cc2cccc(C(=O)NCCSc3ccc(C)cc3)c2)CC1. The highest BCUT2D eigenvalue weighted by Crippen LogP contribution is 2.17. The Balaban J connectivity index is 1.45. The van der Waals surface area contributed by atoms with Gasteiger partial charge in [-0.1, -0.05) is 29.8 Å². The number of amides is 1. The van der Waals surface area contributed by atoms with E-state index in [9.17, 15) is 13.2 Å². The molecule has 6 nitrogen and oxygen atoms in total. The molecule has 1 aliphatic rings. The van der Waals surface area contributed by atoms with Crippen LogP contribution in [0.3, 0.4) is 0 Å². The highest BCUT2D eigenvalue weighted by molar-refractivity contribution is 7.99. The molecule has 3 rings (SSSR count). The largest absolute Gasteiger partial charge is 0.351 e. The van der Waals surface area contributed by atoms with Gasteiger partial charge in [0.05, 0.1) is 5.75 Å². The third-order valence-electron chi connectivity index (χ3n) is 5.36. The molecular formula is C23H31N3O3S2. The number of nitrogens with one attached hydrogen (secondary N) is 1. The molecule has 8 heteroatoms. The molecule has 1 fully saturated rings. The van der Waals surface area contributed by atoms with Crippen molar-refractivity contribution in [3.05, 3.63) is 65.2 Å².